The number of halogens is 1. The molecule has 2 N–H and O–H groups in total. The molecule has 5 heteroatoms. The van der Waals surface area contributed by atoms with Gasteiger partial charge in [0.2, 0.25) is 0 Å². The molecule has 1 fully saturated rings. The zero-order chi connectivity index (χ0) is 13.8. The lowest BCUT2D eigenvalue weighted by Gasteiger charge is -2.32. The number of aromatic nitrogens is 3. The molecule has 1 heterocycles. The molecule has 0 saturated heterocycles. The van der Waals surface area contributed by atoms with Crippen molar-refractivity contribution in [2.24, 2.45) is 24.6 Å². The fourth-order valence-electron chi connectivity index (χ4n) is 3.24. The first-order chi connectivity index (χ1) is 9.13. The number of hydrogen-bond acceptors (Lipinski definition) is 3. The minimum Gasteiger partial charge on any atom is -0.322 e. The Morgan fingerprint density at radius 1 is 1.37 bits per heavy atom. The predicted octanol–water partition coefficient (Wildman–Crippen LogP) is 3.57. The van der Waals surface area contributed by atoms with Gasteiger partial charge in [-0.1, -0.05) is 44.2 Å². The number of hydrogen-bond donors (Lipinski definition) is 1. The standard InChI is InChI=1S/C14H25BrN4/c1-3-4-5-10-6-8-11(9-7-10)12(16)13-14(15)17-18-19(13)2/h10-12H,3-9,16H2,1-2H3. The van der Waals surface area contributed by atoms with Gasteiger partial charge >= 0.3 is 0 Å². The topological polar surface area (TPSA) is 56.7 Å². The van der Waals surface area contributed by atoms with E-state index in [1.54, 1.807) is 4.68 Å². The second-order valence-corrected chi connectivity index (χ2v) is 6.59. The van der Waals surface area contributed by atoms with E-state index in [4.69, 9.17) is 5.73 Å². The van der Waals surface area contributed by atoms with E-state index >= 15 is 0 Å². The van der Waals surface area contributed by atoms with Crippen LogP contribution in [0.15, 0.2) is 4.60 Å². The highest BCUT2D eigenvalue weighted by Crippen LogP contribution is 2.38. The third-order valence-electron chi connectivity index (χ3n) is 4.51. The van der Waals surface area contributed by atoms with Crippen LogP contribution in [0.4, 0.5) is 0 Å². The molecule has 0 radical (unpaired) electrons. The van der Waals surface area contributed by atoms with Crippen LogP contribution in [0, 0.1) is 11.8 Å². The van der Waals surface area contributed by atoms with Crippen LogP contribution in [0.3, 0.4) is 0 Å². The van der Waals surface area contributed by atoms with Crippen molar-refractivity contribution in [1.29, 1.82) is 0 Å². The summed E-state index contributed by atoms with van der Waals surface area (Å²) in [5.74, 6) is 1.50. The zero-order valence-electron chi connectivity index (χ0n) is 12.0. The number of nitrogens with zero attached hydrogens (tertiary/aromatic N) is 3. The van der Waals surface area contributed by atoms with Crippen molar-refractivity contribution in [3.05, 3.63) is 10.3 Å². The Morgan fingerprint density at radius 2 is 2.05 bits per heavy atom. The Balaban J connectivity index is 1.91. The molecule has 0 amide bonds. The number of aryl methyl sites for hydroxylation is 1. The van der Waals surface area contributed by atoms with Gasteiger partial charge in [-0.2, -0.15) is 0 Å². The monoisotopic (exact) mass is 328 g/mol. The molecule has 1 unspecified atom stereocenters. The summed E-state index contributed by atoms with van der Waals surface area (Å²) in [6, 6.07) is 0.0569. The molecule has 1 aliphatic rings. The zero-order valence-corrected chi connectivity index (χ0v) is 13.6. The number of rotatable bonds is 5. The molecule has 4 nitrogen and oxygen atoms in total. The van der Waals surface area contributed by atoms with Crippen molar-refractivity contribution in [2.75, 3.05) is 0 Å². The molecule has 0 spiro atoms. The summed E-state index contributed by atoms with van der Waals surface area (Å²) in [6.07, 6.45) is 9.24. The molecule has 19 heavy (non-hydrogen) atoms. The lowest BCUT2D eigenvalue weighted by Crippen LogP contribution is -2.28. The summed E-state index contributed by atoms with van der Waals surface area (Å²) in [4.78, 5) is 0. The molecule has 2 rings (SSSR count). The molecule has 1 aromatic heterocycles. The van der Waals surface area contributed by atoms with E-state index in [-0.39, 0.29) is 6.04 Å². The van der Waals surface area contributed by atoms with E-state index in [0.29, 0.717) is 5.92 Å². The minimum absolute atomic E-state index is 0.0569. The lowest BCUT2D eigenvalue weighted by molar-refractivity contribution is 0.228. The van der Waals surface area contributed by atoms with Crippen LogP contribution in [0.5, 0.6) is 0 Å². The maximum atomic E-state index is 6.43. The first-order valence-corrected chi connectivity index (χ1v) is 8.23. The van der Waals surface area contributed by atoms with Crippen LogP contribution in [0.1, 0.15) is 63.6 Å². The van der Waals surface area contributed by atoms with E-state index in [9.17, 15) is 0 Å². The molecule has 0 aliphatic heterocycles. The van der Waals surface area contributed by atoms with Crippen LogP contribution < -0.4 is 5.73 Å². The van der Waals surface area contributed by atoms with E-state index in [1.807, 2.05) is 7.05 Å². The van der Waals surface area contributed by atoms with Gasteiger partial charge in [0.1, 0.15) is 0 Å². The van der Waals surface area contributed by atoms with Crippen LogP contribution in [0.2, 0.25) is 0 Å². The fourth-order valence-corrected chi connectivity index (χ4v) is 3.84. The summed E-state index contributed by atoms with van der Waals surface area (Å²) in [5, 5.41) is 8.06. The first-order valence-electron chi connectivity index (χ1n) is 7.44. The van der Waals surface area contributed by atoms with Crippen LogP contribution >= 0.6 is 15.9 Å². The van der Waals surface area contributed by atoms with Crippen molar-refractivity contribution in [3.63, 3.8) is 0 Å². The third kappa shape index (κ3) is 3.57. The van der Waals surface area contributed by atoms with Crippen molar-refractivity contribution in [1.82, 2.24) is 15.0 Å². The van der Waals surface area contributed by atoms with Gasteiger partial charge in [0, 0.05) is 7.05 Å². The molecular weight excluding hydrogens is 304 g/mol. The molecule has 0 aromatic carbocycles. The highest BCUT2D eigenvalue weighted by atomic mass is 79.9. The summed E-state index contributed by atoms with van der Waals surface area (Å²) in [6.45, 7) is 2.27. The minimum atomic E-state index is 0.0569. The summed E-state index contributed by atoms with van der Waals surface area (Å²) >= 11 is 3.46. The van der Waals surface area contributed by atoms with E-state index < -0.39 is 0 Å². The van der Waals surface area contributed by atoms with E-state index in [2.05, 4.69) is 33.2 Å². The van der Waals surface area contributed by atoms with Crippen LogP contribution in [-0.2, 0) is 7.05 Å². The van der Waals surface area contributed by atoms with Gasteiger partial charge in [-0.3, -0.25) is 0 Å². The summed E-state index contributed by atoms with van der Waals surface area (Å²) in [5.41, 5.74) is 7.47. The predicted molar refractivity (Wildman–Crippen MR) is 80.6 cm³/mol. The Hall–Kier alpha value is -0.420. The molecule has 1 atom stereocenters. The second-order valence-electron chi connectivity index (χ2n) is 5.84. The fraction of sp³-hybridized carbons (Fsp3) is 0.857. The van der Waals surface area contributed by atoms with Gasteiger partial charge in [-0.15, -0.1) is 5.10 Å². The van der Waals surface area contributed by atoms with Gasteiger partial charge in [0.15, 0.2) is 4.60 Å². The normalized spacial score (nSPS) is 25.5. The van der Waals surface area contributed by atoms with Crippen molar-refractivity contribution in [3.8, 4) is 0 Å². The van der Waals surface area contributed by atoms with E-state index in [1.165, 1.54) is 44.9 Å². The molecule has 1 saturated carbocycles. The second kappa shape index (κ2) is 6.84. The van der Waals surface area contributed by atoms with Gasteiger partial charge in [-0.05, 0) is 40.6 Å². The summed E-state index contributed by atoms with van der Waals surface area (Å²) < 4.78 is 2.60. The van der Waals surface area contributed by atoms with Crippen molar-refractivity contribution < 1.29 is 0 Å². The van der Waals surface area contributed by atoms with Gasteiger partial charge in [0.25, 0.3) is 0 Å². The average Bonchev–Trinajstić information content (AvgIpc) is 2.76. The Kier molecular flexibility index (Phi) is 5.39. The van der Waals surface area contributed by atoms with Crippen molar-refractivity contribution >= 4 is 15.9 Å². The third-order valence-corrected chi connectivity index (χ3v) is 5.07. The highest BCUT2D eigenvalue weighted by molar-refractivity contribution is 9.10. The Bertz CT molecular complexity index is 377. The maximum absolute atomic E-state index is 6.43. The van der Waals surface area contributed by atoms with Gasteiger partial charge in [0.05, 0.1) is 11.7 Å². The van der Waals surface area contributed by atoms with Gasteiger partial charge in [-0.25, -0.2) is 4.68 Å². The lowest BCUT2D eigenvalue weighted by atomic mass is 9.76. The smallest absolute Gasteiger partial charge is 0.153 e. The van der Waals surface area contributed by atoms with Gasteiger partial charge < -0.3 is 5.73 Å². The Morgan fingerprint density at radius 3 is 2.58 bits per heavy atom. The number of unbranched alkanes of at least 4 members (excludes halogenated alkanes) is 1. The molecular formula is C14H25BrN4. The van der Waals surface area contributed by atoms with Crippen LogP contribution in [0.25, 0.3) is 0 Å². The first kappa shape index (κ1) is 15.0. The average molecular weight is 329 g/mol. The SMILES string of the molecule is CCCCC1CCC(C(N)c2c(Br)nnn2C)CC1. The molecule has 0 bridgehead atoms. The highest BCUT2D eigenvalue weighted by Gasteiger charge is 2.29. The molecule has 1 aliphatic carbocycles. The molecule has 1 aromatic rings. The molecule has 108 valence electrons. The largest absolute Gasteiger partial charge is 0.322 e. The maximum Gasteiger partial charge on any atom is 0.153 e. The summed E-state index contributed by atoms with van der Waals surface area (Å²) in [7, 11) is 1.92. The van der Waals surface area contributed by atoms with Crippen molar-refractivity contribution in [2.45, 2.75) is 57.9 Å². The van der Waals surface area contributed by atoms with Crippen LogP contribution in [-0.4, -0.2) is 15.0 Å². The Labute approximate surface area is 124 Å². The number of nitrogens with two attached hydrogens (primary N) is 1. The van der Waals surface area contributed by atoms with E-state index in [0.717, 1.165) is 16.2 Å². The quantitative estimate of drug-likeness (QED) is 0.898.